The zero-order valence-electron chi connectivity index (χ0n) is 13.4. The van der Waals surface area contributed by atoms with Crippen molar-refractivity contribution in [2.75, 3.05) is 0 Å². The maximum absolute atomic E-state index is 13.3. The number of thiophene rings is 1. The molecule has 0 radical (unpaired) electrons. The summed E-state index contributed by atoms with van der Waals surface area (Å²) in [6, 6.07) is 15.7. The summed E-state index contributed by atoms with van der Waals surface area (Å²) >= 11 is 1.50. The number of carboxylic acid groups (broad SMARTS) is 1. The zero-order chi connectivity index (χ0) is 17.3. The van der Waals surface area contributed by atoms with Crippen molar-refractivity contribution >= 4 is 17.3 Å². The number of aromatic carboxylic acids is 1. The molecule has 0 saturated carbocycles. The van der Waals surface area contributed by atoms with Gasteiger partial charge in [-0.3, -0.25) is 0 Å². The molecule has 0 aliphatic heterocycles. The Balaban J connectivity index is 2.34. The lowest BCUT2D eigenvalue weighted by Gasteiger charge is -2.08. The molecule has 4 heteroatoms. The van der Waals surface area contributed by atoms with E-state index in [1.165, 1.54) is 23.5 Å². The van der Waals surface area contributed by atoms with Crippen LogP contribution in [0.2, 0.25) is 0 Å². The third kappa shape index (κ3) is 2.97. The maximum atomic E-state index is 13.3. The maximum Gasteiger partial charge on any atom is 0.337 e. The quantitative estimate of drug-likeness (QED) is 0.628. The minimum Gasteiger partial charge on any atom is -0.478 e. The Morgan fingerprint density at radius 2 is 1.62 bits per heavy atom. The van der Waals surface area contributed by atoms with Crippen LogP contribution in [0, 0.1) is 5.82 Å². The van der Waals surface area contributed by atoms with Gasteiger partial charge in [0, 0.05) is 15.3 Å². The van der Waals surface area contributed by atoms with Gasteiger partial charge in [0.1, 0.15) is 5.82 Å². The van der Waals surface area contributed by atoms with E-state index in [-0.39, 0.29) is 11.7 Å². The predicted octanol–water partition coefficient (Wildman–Crippen LogP) is 6.04. The first kappa shape index (κ1) is 16.4. The first-order chi connectivity index (χ1) is 11.5. The van der Waals surface area contributed by atoms with Crippen molar-refractivity contribution in [2.45, 2.75) is 19.8 Å². The molecule has 0 spiro atoms. The Bertz CT molecular complexity index is 865. The highest BCUT2D eigenvalue weighted by Crippen LogP contribution is 2.45. The van der Waals surface area contributed by atoms with Crippen LogP contribution in [0.1, 0.15) is 35.0 Å². The van der Waals surface area contributed by atoms with Crippen LogP contribution in [0.25, 0.3) is 21.6 Å². The predicted molar refractivity (Wildman–Crippen MR) is 96.2 cm³/mol. The fourth-order valence-corrected chi connectivity index (χ4v) is 4.08. The first-order valence-electron chi connectivity index (χ1n) is 7.70. The Hall–Kier alpha value is -2.46. The third-order valence-corrected chi connectivity index (χ3v) is 5.38. The highest BCUT2D eigenvalue weighted by Gasteiger charge is 2.26. The molecule has 0 unspecified atom stereocenters. The van der Waals surface area contributed by atoms with Gasteiger partial charge in [-0.25, -0.2) is 9.18 Å². The van der Waals surface area contributed by atoms with E-state index in [0.29, 0.717) is 11.1 Å². The second-order valence-corrected chi connectivity index (χ2v) is 6.93. The van der Waals surface area contributed by atoms with E-state index in [1.807, 2.05) is 44.2 Å². The number of hydrogen-bond donors (Lipinski definition) is 1. The molecule has 1 aromatic heterocycles. The number of halogens is 1. The lowest BCUT2D eigenvalue weighted by molar-refractivity contribution is 0.0697. The molecule has 0 fully saturated rings. The van der Waals surface area contributed by atoms with Gasteiger partial charge in [-0.2, -0.15) is 0 Å². The molecule has 2 aromatic carbocycles. The Morgan fingerprint density at radius 1 is 1.00 bits per heavy atom. The Morgan fingerprint density at radius 3 is 2.17 bits per heavy atom. The summed E-state index contributed by atoms with van der Waals surface area (Å²) in [4.78, 5) is 13.7. The highest BCUT2D eigenvalue weighted by molar-refractivity contribution is 7.16. The molecular weight excluding hydrogens is 323 g/mol. The summed E-state index contributed by atoms with van der Waals surface area (Å²) < 4.78 is 13.3. The number of rotatable bonds is 4. The van der Waals surface area contributed by atoms with Crippen LogP contribution in [0.3, 0.4) is 0 Å². The van der Waals surface area contributed by atoms with Gasteiger partial charge in [0.2, 0.25) is 0 Å². The van der Waals surface area contributed by atoms with E-state index in [4.69, 9.17) is 0 Å². The molecule has 3 aromatic rings. The van der Waals surface area contributed by atoms with Crippen molar-refractivity contribution in [2.24, 2.45) is 0 Å². The van der Waals surface area contributed by atoms with Crippen LogP contribution in [0.4, 0.5) is 4.39 Å². The zero-order valence-corrected chi connectivity index (χ0v) is 14.2. The highest BCUT2D eigenvalue weighted by atomic mass is 32.1. The van der Waals surface area contributed by atoms with Crippen LogP contribution < -0.4 is 0 Å². The van der Waals surface area contributed by atoms with E-state index < -0.39 is 5.97 Å². The van der Waals surface area contributed by atoms with Crippen molar-refractivity contribution < 1.29 is 14.3 Å². The van der Waals surface area contributed by atoms with Crippen molar-refractivity contribution in [3.63, 3.8) is 0 Å². The van der Waals surface area contributed by atoms with E-state index >= 15 is 0 Å². The largest absolute Gasteiger partial charge is 0.478 e. The van der Waals surface area contributed by atoms with Crippen molar-refractivity contribution in [1.29, 1.82) is 0 Å². The van der Waals surface area contributed by atoms with Crippen LogP contribution in [-0.4, -0.2) is 11.1 Å². The van der Waals surface area contributed by atoms with Gasteiger partial charge >= 0.3 is 5.97 Å². The minimum atomic E-state index is -0.948. The summed E-state index contributed by atoms with van der Waals surface area (Å²) in [7, 11) is 0. The van der Waals surface area contributed by atoms with Gasteiger partial charge in [-0.05, 0) is 29.2 Å². The van der Waals surface area contributed by atoms with Crippen molar-refractivity contribution in [1.82, 2.24) is 0 Å². The SMILES string of the molecule is CC(C)c1sc(-c2ccccc2)c(-c2ccc(F)cc2)c1C(=O)O. The molecule has 3 rings (SSSR count). The minimum absolute atomic E-state index is 0.0951. The summed E-state index contributed by atoms with van der Waals surface area (Å²) in [6.07, 6.45) is 0. The normalized spacial score (nSPS) is 11.0. The number of carboxylic acids is 1. The molecule has 0 bridgehead atoms. The van der Waals surface area contributed by atoms with E-state index in [0.717, 1.165) is 20.9 Å². The molecular formula is C20H17FO2S. The van der Waals surface area contributed by atoms with Crippen molar-refractivity contribution in [3.05, 3.63) is 70.9 Å². The number of hydrogen-bond acceptors (Lipinski definition) is 2. The van der Waals surface area contributed by atoms with E-state index in [9.17, 15) is 14.3 Å². The Labute approximate surface area is 144 Å². The molecule has 0 saturated heterocycles. The van der Waals surface area contributed by atoms with Gasteiger partial charge in [0.25, 0.3) is 0 Å². The molecule has 0 atom stereocenters. The second kappa shape index (κ2) is 6.57. The molecule has 0 aliphatic carbocycles. The number of carbonyl (C=O) groups is 1. The average Bonchev–Trinajstić information content (AvgIpc) is 2.97. The summed E-state index contributed by atoms with van der Waals surface area (Å²) in [6.45, 7) is 3.98. The van der Waals surface area contributed by atoms with Crippen LogP contribution in [-0.2, 0) is 0 Å². The lowest BCUT2D eigenvalue weighted by atomic mass is 9.95. The van der Waals surface area contributed by atoms with Crippen LogP contribution in [0.5, 0.6) is 0 Å². The van der Waals surface area contributed by atoms with Crippen molar-refractivity contribution in [3.8, 4) is 21.6 Å². The van der Waals surface area contributed by atoms with Gasteiger partial charge in [-0.15, -0.1) is 11.3 Å². The van der Waals surface area contributed by atoms with Crippen LogP contribution >= 0.6 is 11.3 Å². The van der Waals surface area contributed by atoms with Gasteiger partial charge in [-0.1, -0.05) is 56.3 Å². The Kier molecular flexibility index (Phi) is 4.49. The smallest absolute Gasteiger partial charge is 0.337 e. The molecule has 0 amide bonds. The van der Waals surface area contributed by atoms with Gasteiger partial charge in [0.15, 0.2) is 0 Å². The molecule has 1 heterocycles. The van der Waals surface area contributed by atoms with Crippen LogP contribution in [0.15, 0.2) is 54.6 Å². The molecule has 2 nitrogen and oxygen atoms in total. The second-order valence-electron chi connectivity index (χ2n) is 5.88. The molecule has 0 aliphatic rings. The topological polar surface area (TPSA) is 37.3 Å². The molecule has 1 N–H and O–H groups in total. The van der Waals surface area contributed by atoms with E-state index in [1.54, 1.807) is 12.1 Å². The summed E-state index contributed by atoms with van der Waals surface area (Å²) in [5, 5.41) is 9.80. The monoisotopic (exact) mass is 340 g/mol. The molecule has 24 heavy (non-hydrogen) atoms. The molecule has 122 valence electrons. The lowest BCUT2D eigenvalue weighted by Crippen LogP contribution is -2.02. The summed E-state index contributed by atoms with van der Waals surface area (Å²) in [5.74, 6) is -1.19. The van der Waals surface area contributed by atoms with Gasteiger partial charge in [0.05, 0.1) is 5.56 Å². The average molecular weight is 340 g/mol. The van der Waals surface area contributed by atoms with Gasteiger partial charge < -0.3 is 5.11 Å². The fourth-order valence-electron chi connectivity index (χ4n) is 2.75. The number of benzene rings is 2. The third-order valence-electron chi connectivity index (χ3n) is 3.84. The summed E-state index contributed by atoms with van der Waals surface area (Å²) in [5.41, 5.74) is 2.68. The van der Waals surface area contributed by atoms with E-state index in [2.05, 4.69) is 0 Å². The standard InChI is InChI=1S/C20H17FO2S/c1-12(2)18-17(20(22)23)16(13-8-10-15(21)11-9-13)19(24-18)14-6-4-3-5-7-14/h3-12H,1-2H3,(H,22,23). The fraction of sp³-hybridized carbons (Fsp3) is 0.150. The first-order valence-corrected chi connectivity index (χ1v) is 8.52.